The summed E-state index contributed by atoms with van der Waals surface area (Å²) in [6.07, 6.45) is 3.40. The molecule has 0 saturated heterocycles. The number of hydrogen-bond acceptors (Lipinski definition) is 4. The van der Waals surface area contributed by atoms with E-state index in [-0.39, 0.29) is 5.75 Å². The Bertz CT molecular complexity index is 468. The van der Waals surface area contributed by atoms with E-state index in [2.05, 4.69) is 10.4 Å². The minimum absolute atomic E-state index is 0.181. The van der Waals surface area contributed by atoms with Crippen LogP contribution in [0.25, 0.3) is 0 Å². The Balaban J connectivity index is 2.08. The summed E-state index contributed by atoms with van der Waals surface area (Å²) in [7, 11) is 1.84. The standard InChI is InChI=1S/C11H13N3O2/c1-12-8-14-7-11(6-13-14)16-10-4-2-3-9(15)5-10/h2-7,12,15H,8H2,1H3. The van der Waals surface area contributed by atoms with E-state index in [1.807, 2.05) is 7.05 Å². The second kappa shape index (κ2) is 4.67. The first-order valence-electron chi connectivity index (χ1n) is 4.92. The van der Waals surface area contributed by atoms with Crippen LogP contribution in [0.2, 0.25) is 0 Å². The van der Waals surface area contributed by atoms with Gasteiger partial charge >= 0.3 is 0 Å². The SMILES string of the molecule is CNCn1cc(Oc2cccc(O)c2)cn1. The van der Waals surface area contributed by atoms with Gasteiger partial charge < -0.3 is 15.2 Å². The third kappa shape index (κ3) is 2.52. The zero-order valence-electron chi connectivity index (χ0n) is 8.92. The number of hydrogen-bond donors (Lipinski definition) is 2. The molecule has 0 aliphatic rings. The summed E-state index contributed by atoms with van der Waals surface area (Å²) in [5.74, 6) is 1.41. The molecular formula is C11H13N3O2. The maximum absolute atomic E-state index is 9.27. The van der Waals surface area contributed by atoms with Crippen molar-refractivity contribution >= 4 is 0 Å². The first-order valence-corrected chi connectivity index (χ1v) is 4.92. The number of phenolic OH excluding ortho intramolecular Hbond substituents is 1. The number of phenols is 1. The van der Waals surface area contributed by atoms with E-state index in [0.717, 1.165) is 0 Å². The van der Waals surface area contributed by atoms with Crippen LogP contribution in [0.3, 0.4) is 0 Å². The molecule has 2 N–H and O–H groups in total. The molecular weight excluding hydrogens is 206 g/mol. The lowest BCUT2D eigenvalue weighted by atomic mass is 10.3. The van der Waals surface area contributed by atoms with Crippen LogP contribution in [0.15, 0.2) is 36.7 Å². The molecule has 0 aliphatic heterocycles. The quantitative estimate of drug-likeness (QED) is 0.819. The van der Waals surface area contributed by atoms with Crippen molar-refractivity contribution in [2.75, 3.05) is 7.05 Å². The Morgan fingerprint density at radius 1 is 1.44 bits per heavy atom. The van der Waals surface area contributed by atoms with Crippen LogP contribution in [-0.2, 0) is 6.67 Å². The van der Waals surface area contributed by atoms with Crippen LogP contribution in [0.5, 0.6) is 17.2 Å². The third-order valence-corrected chi connectivity index (χ3v) is 1.98. The Kier molecular flexibility index (Phi) is 3.07. The number of aromatic nitrogens is 2. The van der Waals surface area contributed by atoms with Crippen molar-refractivity contribution in [1.82, 2.24) is 15.1 Å². The molecule has 0 fully saturated rings. The molecule has 0 atom stereocenters. The maximum atomic E-state index is 9.27. The lowest BCUT2D eigenvalue weighted by molar-refractivity contribution is 0.454. The second-order valence-corrected chi connectivity index (χ2v) is 3.33. The lowest BCUT2D eigenvalue weighted by Crippen LogP contribution is -2.12. The zero-order valence-corrected chi connectivity index (χ0v) is 8.92. The average Bonchev–Trinajstić information content (AvgIpc) is 2.66. The Labute approximate surface area is 93.3 Å². The number of aromatic hydroxyl groups is 1. The van der Waals surface area contributed by atoms with E-state index in [1.165, 1.54) is 0 Å². The molecule has 2 rings (SSSR count). The van der Waals surface area contributed by atoms with Gasteiger partial charge in [0.05, 0.1) is 19.1 Å². The van der Waals surface area contributed by atoms with Gasteiger partial charge in [-0.05, 0) is 19.2 Å². The van der Waals surface area contributed by atoms with E-state index >= 15 is 0 Å². The molecule has 16 heavy (non-hydrogen) atoms. The molecule has 0 amide bonds. The predicted octanol–water partition coefficient (Wildman–Crippen LogP) is 1.56. The summed E-state index contributed by atoms with van der Waals surface area (Å²) in [4.78, 5) is 0. The summed E-state index contributed by atoms with van der Waals surface area (Å²) >= 11 is 0. The van der Waals surface area contributed by atoms with Crippen molar-refractivity contribution in [2.45, 2.75) is 6.67 Å². The smallest absolute Gasteiger partial charge is 0.165 e. The highest BCUT2D eigenvalue weighted by molar-refractivity contribution is 5.34. The first kappa shape index (κ1) is 10.5. The minimum atomic E-state index is 0.181. The van der Waals surface area contributed by atoms with Crippen molar-refractivity contribution in [3.63, 3.8) is 0 Å². The van der Waals surface area contributed by atoms with Crippen molar-refractivity contribution < 1.29 is 9.84 Å². The van der Waals surface area contributed by atoms with E-state index in [4.69, 9.17) is 4.74 Å². The Hall–Kier alpha value is -2.01. The minimum Gasteiger partial charge on any atom is -0.508 e. The molecule has 0 radical (unpaired) electrons. The topological polar surface area (TPSA) is 59.3 Å². The van der Waals surface area contributed by atoms with Gasteiger partial charge in [0, 0.05) is 6.07 Å². The average molecular weight is 219 g/mol. The van der Waals surface area contributed by atoms with Crippen LogP contribution in [0.1, 0.15) is 0 Å². The highest BCUT2D eigenvalue weighted by Gasteiger charge is 2.01. The van der Waals surface area contributed by atoms with Crippen LogP contribution >= 0.6 is 0 Å². The summed E-state index contributed by atoms with van der Waals surface area (Å²) in [6.45, 7) is 0.628. The zero-order chi connectivity index (χ0) is 11.4. The van der Waals surface area contributed by atoms with Gasteiger partial charge in [0.1, 0.15) is 11.5 Å². The van der Waals surface area contributed by atoms with Crippen LogP contribution in [0, 0.1) is 0 Å². The van der Waals surface area contributed by atoms with Gasteiger partial charge in [0.15, 0.2) is 5.75 Å². The van der Waals surface area contributed by atoms with Gasteiger partial charge in [-0.3, -0.25) is 4.68 Å². The molecule has 84 valence electrons. The first-order chi connectivity index (χ1) is 7.78. The van der Waals surface area contributed by atoms with Gasteiger partial charge in [-0.25, -0.2) is 0 Å². The fourth-order valence-electron chi connectivity index (χ4n) is 1.33. The van der Waals surface area contributed by atoms with Crippen LogP contribution in [0.4, 0.5) is 0 Å². The Morgan fingerprint density at radius 3 is 3.06 bits per heavy atom. The van der Waals surface area contributed by atoms with Gasteiger partial charge in [-0.15, -0.1) is 0 Å². The van der Waals surface area contributed by atoms with Crippen molar-refractivity contribution in [3.05, 3.63) is 36.7 Å². The molecule has 0 saturated carbocycles. The molecule has 1 aromatic heterocycles. The van der Waals surface area contributed by atoms with Gasteiger partial charge in [0.25, 0.3) is 0 Å². The number of nitrogens with one attached hydrogen (secondary N) is 1. The highest BCUT2D eigenvalue weighted by Crippen LogP contribution is 2.23. The van der Waals surface area contributed by atoms with Gasteiger partial charge in [0.2, 0.25) is 0 Å². The highest BCUT2D eigenvalue weighted by atomic mass is 16.5. The number of rotatable bonds is 4. The third-order valence-electron chi connectivity index (χ3n) is 1.98. The molecule has 1 aromatic carbocycles. The fraction of sp³-hybridized carbons (Fsp3) is 0.182. The number of nitrogens with zero attached hydrogens (tertiary/aromatic N) is 2. The summed E-state index contributed by atoms with van der Waals surface area (Å²) in [5, 5.41) is 16.3. The predicted molar refractivity (Wildman–Crippen MR) is 59.5 cm³/mol. The molecule has 1 heterocycles. The summed E-state index contributed by atoms with van der Waals surface area (Å²) in [6, 6.07) is 6.64. The summed E-state index contributed by atoms with van der Waals surface area (Å²) < 4.78 is 7.24. The van der Waals surface area contributed by atoms with Crippen LogP contribution in [-0.4, -0.2) is 21.9 Å². The fourth-order valence-corrected chi connectivity index (χ4v) is 1.33. The number of ether oxygens (including phenoxy) is 1. The second-order valence-electron chi connectivity index (χ2n) is 3.33. The van der Waals surface area contributed by atoms with Crippen molar-refractivity contribution in [1.29, 1.82) is 0 Å². The summed E-state index contributed by atoms with van der Waals surface area (Å²) in [5.41, 5.74) is 0. The van der Waals surface area contributed by atoms with E-state index in [9.17, 15) is 5.11 Å². The van der Waals surface area contributed by atoms with E-state index in [1.54, 1.807) is 41.3 Å². The van der Waals surface area contributed by atoms with Gasteiger partial charge in [-0.1, -0.05) is 6.07 Å². The molecule has 0 bridgehead atoms. The largest absolute Gasteiger partial charge is 0.508 e. The van der Waals surface area contributed by atoms with E-state index in [0.29, 0.717) is 18.2 Å². The molecule has 0 unspecified atom stereocenters. The normalized spacial score (nSPS) is 10.3. The molecule has 2 aromatic rings. The van der Waals surface area contributed by atoms with Gasteiger partial charge in [-0.2, -0.15) is 5.10 Å². The van der Waals surface area contributed by atoms with Crippen molar-refractivity contribution in [2.24, 2.45) is 0 Å². The molecule has 0 spiro atoms. The lowest BCUT2D eigenvalue weighted by Gasteiger charge is -2.02. The Morgan fingerprint density at radius 2 is 2.31 bits per heavy atom. The maximum Gasteiger partial charge on any atom is 0.165 e. The van der Waals surface area contributed by atoms with E-state index < -0.39 is 0 Å². The van der Waals surface area contributed by atoms with Crippen LogP contribution < -0.4 is 10.1 Å². The molecule has 0 aliphatic carbocycles. The molecule has 5 nitrogen and oxygen atoms in total. The van der Waals surface area contributed by atoms with Crippen molar-refractivity contribution in [3.8, 4) is 17.2 Å². The number of benzene rings is 1. The molecule has 5 heteroatoms. The monoisotopic (exact) mass is 219 g/mol.